The highest BCUT2D eigenvalue weighted by Gasteiger charge is 2.27. The van der Waals surface area contributed by atoms with E-state index in [0.717, 1.165) is 36.7 Å². The summed E-state index contributed by atoms with van der Waals surface area (Å²) in [6.07, 6.45) is 5.52. The first-order valence-corrected chi connectivity index (χ1v) is 8.16. The van der Waals surface area contributed by atoms with Gasteiger partial charge in [0.25, 0.3) is 0 Å². The molecule has 0 amide bonds. The average molecular weight is 328 g/mol. The summed E-state index contributed by atoms with van der Waals surface area (Å²) >= 11 is 0. The Bertz CT molecular complexity index is 807. The molecule has 3 aromatic heterocycles. The van der Waals surface area contributed by atoms with Gasteiger partial charge in [0.05, 0.1) is 24.9 Å². The molecule has 4 rings (SSSR count). The van der Waals surface area contributed by atoms with E-state index >= 15 is 0 Å². The molecule has 126 valence electrons. The highest BCUT2D eigenvalue weighted by Crippen LogP contribution is 2.22. The maximum Gasteiger partial charge on any atom is 0.241 e. The Balaban J connectivity index is 1.44. The zero-order valence-electron chi connectivity index (χ0n) is 13.8. The van der Waals surface area contributed by atoms with Gasteiger partial charge < -0.3 is 8.94 Å². The third-order valence-corrected chi connectivity index (χ3v) is 4.43. The molecule has 0 saturated carbocycles. The molecule has 8 heteroatoms. The standard InChI is InChI=1S/C16H20N6O2/c1-11-17-12(2)22(19-11)8-14-4-3-6-21(14)9-15-18-16(20-24-15)13-5-7-23-10-13/h5,7,10,14H,3-4,6,8-9H2,1-2H3/t14-/m0/s1. The molecule has 1 fully saturated rings. The Hall–Kier alpha value is -2.48. The minimum atomic E-state index is 0.411. The van der Waals surface area contributed by atoms with Crippen LogP contribution in [0.15, 0.2) is 27.5 Å². The molecule has 0 N–H and O–H groups in total. The highest BCUT2D eigenvalue weighted by molar-refractivity contribution is 5.51. The van der Waals surface area contributed by atoms with Crippen LogP contribution in [-0.4, -0.2) is 42.4 Å². The number of furan rings is 1. The Morgan fingerprint density at radius 1 is 1.29 bits per heavy atom. The molecule has 0 aliphatic carbocycles. The molecule has 1 aliphatic heterocycles. The summed E-state index contributed by atoms with van der Waals surface area (Å²) in [5, 5.41) is 8.50. The minimum Gasteiger partial charge on any atom is -0.472 e. The van der Waals surface area contributed by atoms with Gasteiger partial charge in [-0.2, -0.15) is 10.1 Å². The molecule has 0 aromatic carbocycles. The van der Waals surface area contributed by atoms with Gasteiger partial charge in [0.15, 0.2) is 0 Å². The predicted octanol–water partition coefficient (Wildman–Crippen LogP) is 2.20. The first-order chi connectivity index (χ1) is 11.7. The van der Waals surface area contributed by atoms with Crippen molar-refractivity contribution >= 4 is 0 Å². The van der Waals surface area contributed by atoms with Crippen LogP contribution < -0.4 is 0 Å². The first-order valence-electron chi connectivity index (χ1n) is 8.16. The second-order valence-corrected chi connectivity index (χ2v) is 6.18. The van der Waals surface area contributed by atoms with E-state index in [4.69, 9.17) is 8.94 Å². The van der Waals surface area contributed by atoms with Crippen molar-refractivity contribution in [3.63, 3.8) is 0 Å². The van der Waals surface area contributed by atoms with Crippen molar-refractivity contribution in [2.45, 2.75) is 45.8 Å². The van der Waals surface area contributed by atoms with E-state index in [0.29, 0.717) is 24.3 Å². The van der Waals surface area contributed by atoms with Crippen LogP contribution in [0.25, 0.3) is 11.4 Å². The quantitative estimate of drug-likeness (QED) is 0.709. The molecule has 1 saturated heterocycles. The summed E-state index contributed by atoms with van der Waals surface area (Å²) in [6.45, 7) is 6.44. The summed E-state index contributed by atoms with van der Waals surface area (Å²) in [5.41, 5.74) is 0.830. The maximum absolute atomic E-state index is 5.40. The molecule has 0 spiro atoms. The van der Waals surface area contributed by atoms with Gasteiger partial charge >= 0.3 is 0 Å². The summed E-state index contributed by atoms with van der Waals surface area (Å²) < 4.78 is 12.4. The summed E-state index contributed by atoms with van der Waals surface area (Å²) in [6, 6.07) is 2.23. The van der Waals surface area contributed by atoms with Crippen LogP contribution in [0.5, 0.6) is 0 Å². The lowest BCUT2D eigenvalue weighted by molar-refractivity contribution is 0.191. The second kappa shape index (κ2) is 6.20. The zero-order chi connectivity index (χ0) is 16.5. The fourth-order valence-corrected chi connectivity index (χ4v) is 3.25. The largest absolute Gasteiger partial charge is 0.472 e. The molecular weight excluding hydrogens is 308 g/mol. The fourth-order valence-electron chi connectivity index (χ4n) is 3.25. The van der Waals surface area contributed by atoms with E-state index in [1.165, 1.54) is 6.42 Å². The highest BCUT2D eigenvalue weighted by atomic mass is 16.5. The topological polar surface area (TPSA) is 86.0 Å². The van der Waals surface area contributed by atoms with Crippen LogP contribution in [0.3, 0.4) is 0 Å². The van der Waals surface area contributed by atoms with E-state index in [1.807, 2.05) is 24.6 Å². The van der Waals surface area contributed by atoms with Crippen molar-refractivity contribution in [3.05, 3.63) is 36.1 Å². The lowest BCUT2D eigenvalue weighted by Gasteiger charge is -2.22. The molecule has 0 bridgehead atoms. The van der Waals surface area contributed by atoms with E-state index in [2.05, 4.69) is 25.1 Å². The fraction of sp³-hybridized carbons (Fsp3) is 0.500. The Morgan fingerprint density at radius 3 is 2.96 bits per heavy atom. The number of rotatable bonds is 5. The Kier molecular flexibility index (Phi) is 3.89. The average Bonchev–Trinajstić information content (AvgIpc) is 3.30. The molecule has 24 heavy (non-hydrogen) atoms. The van der Waals surface area contributed by atoms with Gasteiger partial charge in [0.1, 0.15) is 17.9 Å². The second-order valence-electron chi connectivity index (χ2n) is 6.18. The van der Waals surface area contributed by atoms with Crippen LogP contribution in [-0.2, 0) is 13.1 Å². The molecule has 4 heterocycles. The number of aryl methyl sites for hydroxylation is 2. The van der Waals surface area contributed by atoms with Crippen LogP contribution >= 0.6 is 0 Å². The third-order valence-electron chi connectivity index (χ3n) is 4.43. The summed E-state index contributed by atoms with van der Waals surface area (Å²) in [4.78, 5) is 11.2. The monoisotopic (exact) mass is 328 g/mol. The molecule has 1 aliphatic rings. The number of aromatic nitrogens is 5. The van der Waals surface area contributed by atoms with Gasteiger partial charge in [-0.25, -0.2) is 9.67 Å². The number of hydrogen-bond donors (Lipinski definition) is 0. The molecule has 0 unspecified atom stereocenters. The van der Waals surface area contributed by atoms with E-state index < -0.39 is 0 Å². The lowest BCUT2D eigenvalue weighted by Crippen LogP contribution is -2.33. The smallest absolute Gasteiger partial charge is 0.241 e. The van der Waals surface area contributed by atoms with E-state index in [-0.39, 0.29) is 0 Å². The molecule has 1 atom stereocenters. The minimum absolute atomic E-state index is 0.411. The Labute approximate surface area is 139 Å². The van der Waals surface area contributed by atoms with Gasteiger partial charge in [-0.1, -0.05) is 5.16 Å². The van der Waals surface area contributed by atoms with Gasteiger partial charge in [-0.15, -0.1) is 0 Å². The van der Waals surface area contributed by atoms with Crippen LogP contribution in [0.2, 0.25) is 0 Å². The van der Waals surface area contributed by atoms with E-state index in [1.54, 1.807) is 12.5 Å². The van der Waals surface area contributed by atoms with Crippen molar-refractivity contribution in [2.75, 3.05) is 6.54 Å². The van der Waals surface area contributed by atoms with Crippen molar-refractivity contribution in [1.29, 1.82) is 0 Å². The maximum atomic E-state index is 5.40. The van der Waals surface area contributed by atoms with Gasteiger partial charge in [0, 0.05) is 6.04 Å². The van der Waals surface area contributed by atoms with Crippen molar-refractivity contribution in [3.8, 4) is 11.4 Å². The number of nitrogens with zero attached hydrogens (tertiary/aromatic N) is 6. The molecule has 0 radical (unpaired) electrons. The first kappa shape index (κ1) is 15.1. The Morgan fingerprint density at radius 2 is 2.21 bits per heavy atom. The predicted molar refractivity (Wildman–Crippen MR) is 84.9 cm³/mol. The van der Waals surface area contributed by atoms with Crippen LogP contribution in [0.4, 0.5) is 0 Å². The normalized spacial score (nSPS) is 18.5. The van der Waals surface area contributed by atoms with Crippen LogP contribution in [0, 0.1) is 13.8 Å². The third kappa shape index (κ3) is 2.96. The zero-order valence-corrected chi connectivity index (χ0v) is 13.8. The van der Waals surface area contributed by atoms with E-state index in [9.17, 15) is 0 Å². The van der Waals surface area contributed by atoms with Gasteiger partial charge in [0.2, 0.25) is 11.7 Å². The van der Waals surface area contributed by atoms with Gasteiger partial charge in [-0.05, 0) is 39.3 Å². The molecule has 3 aromatic rings. The SMILES string of the molecule is Cc1nc(C)n(C[C@@H]2CCCN2Cc2nc(-c3ccoc3)no2)n1. The number of hydrogen-bond acceptors (Lipinski definition) is 7. The van der Waals surface area contributed by atoms with Crippen LogP contribution in [0.1, 0.15) is 30.4 Å². The van der Waals surface area contributed by atoms with Crippen molar-refractivity contribution in [2.24, 2.45) is 0 Å². The molecule has 8 nitrogen and oxygen atoms in total. The van der Waals surface area contributed by atoms with Gasteiger partial charge in [-0.3, -0.25) is 4.90 Å². The van der Waals surface area contributed by atoms with Crippen molar-refractivity contribution in [1.82, 2.24) is 29.8 Å². The van der Waals surface area contributed by atoms with Crippen molar-refractivity contribution < 1.29 is 8.94 Å². The lowest BCUT2D eigenvalue weighted by atomic mass is 10.2. The molecular formula is C16H20N6O2. The summed E-state index contributed by atoms with van der Waals surface area (Å²) in [7, 11) is 0. The summed E-state index contributed by atoms with van der Waals surface area (Å²) in [5.74, 6) is 2.97. The number of likely N-dealkylation sites (tertiary alicyclic amines) is 1.